The first-order chi connectivity index (χ1) is 8.13. The molecule has 0 aliphatic carbocycles. The second kappa shape index (κ2) is 6.79. The minimum Gasteiger partial charge on any atom is -0.339 e. The molecule has 1 aromatic heterocycles. The van der Waals surface area contributed by atoms with Crippen LogP contribution in [-0.2, 0) is 13.5 Å². The van der Waals surface area contributed by atoms with Crippen LogP contribution in [-0.4, -0.2) is 39.0 Å². The highest BCUT2D eigenvalue weighted by Crippen LogP contribution is 2.11. The quantitative estimate of drug-likeness (QED) is 0.756. The van der Waals surface area contributed by atoms with Crippen molar-refractivity contribution in [2.24, 2.45) is 7.05 Å². The number of aromatic nitrogens is 2. The lowest BCUT2D eigenvalue weighted by molar-refractivity contribution is 0.0764. The van der Waals surface area contributed by atoms with E-state index >= 15 is 0 Å². The van der Waals surface area contributed by atoms with Gasteiger partial charge in [0.1, 0.15) is 0 Å². The fourth-order valence-corrected chi connectivity index (χ4v) is 2.05. The SMILES string of the molecule is CCc1nn(C)cc1C(=O)N(CC)CCCBr. The van der Waals surface area contributed by atoms with Gasteiger partial charge in [0.25, 0.3) is 5.91 Å². The first-order valence-corrected chi connectivity index (χ1v) is 7.13. The van der Waals surface area contributed by atoms with Crippen molar-refractivity contribution < 1.29 is 4.79 Å². The fourth-order valence-electron chi connectivity index (χ4n) is 1.80. The summed E-state index contributed by atoms with van der Waals surface area (Å²) in [5.41, 5.74) is 1.63. The Kier molecular flexibility index (Phi) is 5.68. The molecule has 0 radical (unpaired) electrons. The molecule has 0 aliphatic heterocycles. The standard InChI is InChI=1S/C12H20BrN3O/c1-4-11-10(9-15(3)14-11)12(17)16(5-2)8-6-7-13/h9H,4-8H2,1-3H3. The molecule has 17 heavy (non-hydrogen) atoms. The maximum absolute atomic E-state index is 12.3. The summed E-state index contributed by atoms with van der Waals surface area (Å²) in [5.74, 6) is 0.0957. The molecule has 0 atom stereocenters. The molecule has 0 aliphatic rings. The van der Waals surface area contributed by atoms with E-state index in [1.165, 1.54) is 0 Å². The molecule has 0 unspecified atom stereocenters. The maximum Gasteiger partial charge on any atom is 0.257 e. The molecule has 0 fully saturated rings. The number of nitrogens with zero attached hydrogens (tertiary/aromatic N) is 3. The topological polar surface area (TPSA) is 38.1 Å². The minimum absolute atomic E-state index is 0.0957. The van der Waals surface area contributed by atoms with Crippen LogP contribution in [0.3, 0.4) is 0 Å². The Balaban J connectivity index is 2.85. The summed E-state index contributed by atoms with van der Waals surface area (Å²) in [5, 5.41) is 5.23. The minimum atomic E-state index is 0.0957. The van der Waals surface area contributed by atoms with Gasteiger partial charge in [-0.1, -0.05) is 22.9 Å². The molecule has 5 heteroatoms. The van der Waals surface area contributed by atoms with Crippen LogP contribution in [0.2, 0.25) is 0 Å². The van der Waals surface area contributed by atoms with Crippen molar-refractivity contribution in [2.75, 3.05) is 18.4 Å². The Morgan fingerprint density at radius 3 is 2.76 bits per heavy atom. The van der Waals surface area contributed by atoms with Gasteiger partial charge in [0, 0.05) is 31.7 Å². The third kappa shape index (κ3) is 3.56. The highest BCUT2D eigenvalue weighted by Gasteiger charge is 2.19. The van der Waals surface area contributed by atoms with Gasteiger partial charge in [-0.25, -0.2) is 0 Å². The van der Waals surface area contributed by atoms with Gasteiger partial charge in [0.05, 0.1) is 11.3 Å². The van der Waals surface area contributed by atoms with Gasteiger partial charge < -0.3 is 4.90 Å². The first-order valence-electron chi connectivity index (χ1n) is 6.01. The van der Waals surface area contributed by atoms with Crippen LogP contribution >= 0.6 is 15.9 Å². The molecule has 4 nitrogen and oxygen atoms in total. The highest BCUT2D eigenvalue weighted by molar-refractivity contribution is 9.09. The van der Waals surface area contributed by atoms with E-state index in [0.29, 0.717) is 0 Å². The summed E-state index contributed by atoms with van der Waals surface area (Å²) in [4.78, 5) is 14.2. The Labute approximate surface area is 111 Å². The maximum atomic E-state index is 12.3. The summed E-state index contributed by atoms with van der Waals surface area (Å²) in [6, 6.07) is 0. The zero-order valence-corrected chi connectivity index (χ0v) is 12.3. The zero-order valence-electron chi connectivity index (χ0n) is 10.7. The lowest BCUT2D eigenvalue weighted by Crippen LogP contribution is -2.32. The molecule has 0 aromatic carbocycles. The Hall–Kier alpha value is -0.840. The van der Waals surface area contributed by atoms with Crippen molar-refractivity contribution in [3.63, 3.8) is 0 Å². The second-order valence-corrected chi connectivity index (χ2v) is 4.74. The summed E-state index contributed by atoms with van der Waals surface area (Å²) in [7, 11) is 1.85. The lowest BCUT2D eigenvalue weighted by atomic mass is 10.2. The molecular weight excluding hydrogens is 282 g/mol. The molecular formula is C12H20BrN3O. The summed E-state index contributed by atoms with van der Waals surface area (Å²) in [6.07, 6.45) is 3.58. The summed E-state index contributed by atoms with van der Waals surface area (Å²) in [6.45, 7) is 5.56. The van der Waals surface area contributed by atoms with E-state index in [9.17, 15) is 4.79 Å². The van der Waals surface area contributed by atoms with Crippen LogP contribution in [0.4, 0.5) is 0 Å². The van der Waals surface area contributed by atoms with Gasteiger partial charge in [0.15, 0.2) is 0 Å². The van der Waals surface area contributed by atoms with E-state index < -0.39 is 0 Å². The summed E-state index contributed by atoms with van der Waals surface area (Å²) >= 11 is 3.39. The molecule has 0 saturated heterocycles. The van der Waals surface area contributed by atoms with Crippen LogP contribution in [0.25, 0.3) is 0 Å². The van der Waals surface area contributed by atoms with Crippen LogP contribution in [0, 0.1) is 0 Å². The number of halogens is 1. The molecule has 1 heterocycles. The van der Waals surface area contributed by atoms with Gasteiger partial charge in [-0.15, -0.1) is 0 Å². The van der Waals surface area contributed by atoms with Crippen LogP contribution in [0.5, 0.6) is 0 Å². The third-order valence-corrected chi connectivity index (χ3v) is 3.26. The van der Waals surface area contributed by atoms with Crippen molar-refractivity contribution in [1.29, 1.82) is 0 Å². The largest absolute Gasteiger partial charge is 0.339 e. The van der Waals surface area contributed by atoms with Gasteiger partial charge in [-0.2, -0.15) is 5.10 Å². The van der Waals surface area contributed by atoms with E-state index in [0.717, 1.165) is 42.5 Å². The van der Waals surface area contributed by atoms with Gasteiger partial charge in [-0.3, -0.25) is 9.48 Å². The number of hydrogen-bond acceptors (Lipinski definition) is 2. The van der Waals surface area contributed by atoms with Crippen molar-refractivity contribution in [2.45, 2.75) is 26.7 Å². The third-order valence-electron chi connectivity index (χ3n) is 2.70. The number of carbonyl (C=O) groups excluding carboxylic acids is 1. The molecule has 0 spiro atoms. The number of hydrogen-bond donors (Lipinski definition) is 0. The molecule has 0 bridgehead atoms. The van der Waals surface area contributed by atoms with Gasteiger partial charge in [-0.05, 0) is 19.8 Å². The molecule has 1 aromatic rings. The number of carbonyl (C=O) groups is 1. The van der Waals surface area contributed by atoms with Gasteiger partial charge >= 0.3 is 0 Å². The number of alkyl halides is 1. The molecule has 0 saturated carbocycles. The predicted molar refractivity (Wildman–Crippen MR) is 72.6 cm³/mol. The number of amides is 1. The van der Waals surface area contributed by atoms with Crippen molar-refractivity contribution in [1.82, 2.24) is 14.7 Å². The normalized spacial score (nSPS) is 10.6. The zero-order chi connectivity index (χ0) is 12.8. The smallest absolute Gasteiger partial charge is 0.257 e. The second-order valence-electron chi connectivity index (χ2n) is 3.94. The predicted octanol–water partition coefficient (Wildman–Crippen LogP) is 2.23. The Bertz CT molecular complexity index is 376. The highest BCUT2D eigenvalue weighted by atomic mass is 79.9. The van der Waals surface area contributed by atoms with Crippen LogP contribution in [0.1, 0.15) is 36.3 Å². The molecule has 96 valence electrons. The van der Waals surface area contributed by atoms with E-state index in [1.54, 1.807) is 4.68 Å². The van der Waals surface area contributed by atoms with E-state index in [1.807, 2.05) is 32.0 Å². The average molecular weight is 302 g/mol. The Morgan fingerprint density at radius 1 is 1.53 bits per heavy atom. The van der Waals surface area contributed by atoms with E-state index in [-0.39, 0.29) is 5.91 Å². The van der Waals surface area contributed by atoms with Crippen molar-refractivity contribution >= 4 is 21.8 Å². The lowest BCUT2D eigenvalue weighted by Gasteiger charge is -2.20. The fraction of sp³-hybridized carbons (Fsp3) is 0.667. The average Bonchev–Trinajstić information content (AvgIpc) is 2.71. The van der Waals surface area contributed by atoms with Crippen LogP contribution in [0.15, 0.2) is 6.20 Å². The van der Waals surface area contributed by atoms with Crippen molar-refractivity contribution in [3.8, 4) is 0 Å². The van der Waals surface area contributed by atoms with Crippen LogP contribution < -0.4 is 0 Å². The molecule has 0 N–H and O–H groups in total. The van der Waals surface area contributed by atoms with E-state index in [2.05, 4.69) is 21.0 Å². The van der Waals surface area contributed by atoms with Crippen molar-refractivity contribution in [3.05, 3.63) is 17.5 Å². The number of aryl methyl sites for hydroxylation is 2. The van der Waals surface area contributed by atoms with E-state index in [4.69, 9.17) is 0 Å². The molecule has 1 rings (SSSR count). The molecule has 1 amide bonds. The van der Waals surface area contributed by atoms with Gasteiger partial charge in [0.2, 0.25) is 0 Å². The monoisotopic (exact) mass is 301 g/mol. The summed E-state index contributed by atoms with van der Waals surface area (Å²) < 4.78 is 1.71. The number of rotatable bonds is 6. The Morgan fingerprint density at radius 2 is 2.24 bits per heavy atom. The first kappa shape index (κ1) is 14.2.